The maximum absolute atomic E-state index is 12.6. The fraction of sp³-hybridized carbons (Fsp3) is 0.913. The third-order valence-corrected chi connectivity index (χ3v) is 10.9. The lowest BCUT2D eigenvalue weighted by atomic mass is 10.1. The third kappa shape index (κ3) is 13.9. The summed E-state index contributed by atoms with van der Waals surface area (Å²) in [6, 6.07) is 4.26. The first-order valence-corrected chi connectivity index (χ1v) is 15.3. The van der Waals surface area contributed by atoms with Gasteiger partial charge < -0.3 is 0 Å². The standard InChI is InChI=1S/C23H44N4O4S2/c1-23(2,32(28,29)26-21-17-13-9-5-3-7-11-15-19-24)33(30,31)27-22-18-14-10-6-4-8-12-16-20-25/h26-27H,3-18,21-22H2,1-2H3. The molecule has 0 aliphatic carbocycles. The Morgan fingerprint density at radius 3 is 1.12 bits per heavy atom. The van der Waals surface area contributed by atoms with Crippen molar-refractivity contribution in [3.8, 4) is 12.1 Å². The van der Waals surface area contributed by atoms with E-state index in [0.29, 0.717) is 25.7 Å². The molecule has 10 heteroatoms. The summed E-state index contributed by atoms with van der Waals surface area (Å²) < 4.78 is 53.5. The number of rotatable bonds is 22. The van der Waals surface area contributed by atoms with E-state index >= 15 is 0 Å². The van der Waals surface area contributed by atoms with E-state index in [0.717, 1.165) is 77.0 Å². The fourth-order valence-corrected chi connectivity index (χ4v) is 6.36. The van der Waals surface area contributed by atoms with Crippen LogP contribution in [0, 0.1) is 22.7 Å². The Morgan fingerprint density at radius 1 is 0.545 bits per heavy atom. The van der Waals surface area contributed by atoms with Crippen LogP contribution in [-0.4, -0.2) is 34.0 Å². The van der Waals surface area contributed by atoms with E-state index in [1.165, 1.54) is 13.8 Å². The molecule has 0 aromatic carbocycles. The number of nitrogens with zero attached hydrogens (tertiary/aromatic N) is 2. The second-order valence-electron chi connectivity index (χ2n) is 8.96. The zero-order chi connectivity index (χ0) is 25.1. The Labute approximate surface area is 202 Å². The summed E-state index contributed by atoms with van der Waals surface area (Å²) >= 11 is 0. The highest BCUT2D eigenvalue weighted by molar-refractivity contribution is 8.08. The highest BCUT2D eigenvalue weighted by Crippen LogP contribution is 2.22. The zero-order valence-corrected chi connectivity index (χ0v) is 22.2. The van der Waals surface area contributed by atoms with Crippen LogP contribution >= 0.6 is 0 Å². The van der Waals surface area contributed by atoms with Gasteiger partial charge in [0.1, 0.15) is 0 Å². The molecular weight excluding hydrogens is 460 g/mol. The number of hydrogen-bond donors (Lipinski definition) is 2. The third-order valence-electron chi connectivity index (χ3n) is 5.81. The number of nitrogens with one attached hydrogen (secondary N) is 2. The molecule has 0 heterocycles. The maximum Gasteiger partial charge on any atom is 0.232 e. The molecule has 0 saturated heterocycles. The lowest BCUT2D eigenvalue weighted by Gasteiger charge is -2.25. The number of nitriles is 2. The Bertz CT molecular complexity index is 731. The predicted octanol–water partition coefficient (Wildman–Crippen LogP) is 4.85. The molecule has 0 unspecified atom stereocenters. The van der Waals surface area contributed by atoms with Gasteiger partial charge in [-0.15, -0.1) is 0 Å². The zero-order valence-electron chi connectivity index (χ0n) is 20.6. The van der Waals surface area contributed by atoms with E-state index in [1.54, 1.807) is 0 Å². The minimum atomic E-state index is -4.04. The Balaban J connectivity index is 4.12. The molecule has 0 aromatic heterocycles. The molecule has 0 rings (SSSR count). The van der Waals surface area contributed by atoms with E-state index in [4.69, 9.17) is 10.5 Å². The summed E-state index contributed by atoms with van der Waals surface area (Å²) in [6.45, 7) is 2.90. The van der Waals surface area contributed by atoms with Crippen molar-refractivity contribution in [2.24, 2.45) is 0 Å². The van der Waals surface area contributed by atoms with E-state index in [2.05, 4.69) is 21.6 Å². The van der Waals surface area contributed by atoms with Crippen molar-refractivity contribution in [1.82, 2.24) is 9.44 Å². The molecule has 192 valence electrons. The van der Waals surface area contributed by atoms with E-state index in [9.17, 15) is 16.8 Å². The summed E-state index contributed by atoms with van der Waals surface area (Å²) in [5.74, 6) is 0. The molecule has 0 bridgehead atoms. The quantitative estimate of drug-likeness (QED) is 0.202. The van der Waals surface area contributed by atoms with Crippen molar-refractivity contribution in [2.45, 2.75) is 121 Å². The second-order valence-corrected chi connectivity index (χ2v) is 13.9. The van der Waals surface area contributed by atoms with E-state index in [1.807, 2.05) is 0 Å². The Kier molecular flexibility index (Phi) is 17.5. The molecule has 33 heavy (non-hydrogen) atoms. The smallest absolute Gasteiger partial charge is 0.214 e. The summed E-state index contributed by atoms with van der Waals surface area (Å²) in [5, 5.41) is 17.0. The summed E-state index contributed by atoms with van der Waals surface area (Å²) in [4.78, 5) is 0. The van der Waals surface area contributed by atoms with Crippen molar-refractivity contribution in [1.29, 1.82) is 10.5 Å². The molecule has 0 aromatic rings. The molecule has 0 aliphatic heterocycles. The van der Waals surface area contributed by atoms with Crippen LogP contribution in [0.2, 0.25) is 0 Å². The van der Waals surface area contributed by atoms with Crippen LogP contribution in [-0.2, 0) is 20.0 Å². The van der Waals surface area contributed by atoms with Gasteiger partial charge in [0.2, 0.25) is 20.0 Å². The average Bonchev–Trinajstić information content (AvgIpc) is 2.76. The topological polar surface area (TPSA) is 140 Å². The Morgan fingerprint density at radius 2 is 0.818 bits per heavy atom. The lowest BCUT2D eigenvalue weighted by Crippen LogP contribution is -2.52. The first-order valence-electron chi connectivity index (χ1n) is 12.3. The highest BCUT2D eigenvalue weighted by Gasteiger charge is 2.46. The molecular formula is C23H44N4O4S2. The molecule has 0 fully saturated rings. The van der Waals surface area contributed by atoms with Crippen LogP contribution in [0.15, 0.2) is 0 Å². The van der Waals surface area contributed by atoms with Crippen molar-refractivity contribution < 1.29 is 16.8 Å². The van der Waals surface area contributed by atoms with E-state index in [-0.39, 0.29) is 13.1 Å². The van der Waals surface area contributed by atoms with Crippen LogP contribution in [0.3, 0.4) is 0 Å². The molecule has 0 saturated carbocycles. The lowest BCUT2D eigenvalue weighted by molar-refractivity contribution is 0.529. The largest absolute Gasteiger partial charge is 0.232 e. The van der Waals surface area contributed by atoms with Crippen LogP contribution in [0.1, 0.15) is 117 Å². The molecule has 0 radical (unpaired) electrons. The van der Waals surface area contributed by atoms with Gasteiger partial charge in [0.25, 0.3) is 0 Å². The fourth-order valence-electron chi connectivity index (χ4n) is 3.33. The molecule has 0 atom stereocenters. The summed E-state index contributed by atoms with van der Waals surface area (Å²) in [5.41, 5.74) is 0. The average molecular weight is 505 g/mol. The van der Waals surface area contributed by atoms with Crippen LogP contribution in [0.5, 0.6) is 0 Å². The molecule has 0 aliphatic rings. The predicted molar refractivity (Wildman–Crippen MR) is 133 cm³/mol. The molecule has 2 N–H and O–H groups in total. The van der Waals surface area contributed by atoms with Gasteiger partial charge in [0.15, 0.2) is 4.08 Å². The summed E-state index contributed by atoms with van der Waals surface area (Å²) in [6.07, 6.45) is 14.5. The van der Waals surface area contributed by atoms with Gasteiger partial charge in [-0.3, -0.25) is 0 Å². The molecule has 0 amide bonds. The van der Waals surface area contributed by atoms with Crippen LogP contribution in [0.25, 0.3) is 0 Å². The van der Waals surface area contributed by atoms with Gasteiger partial charge in [-0.05, 0) is 39.5 Å². The van der Waals surface area contributed by atoms with Crippen LogP contribution < -0.4 is 9.44 Å². The maximum atomic E-state index is 12.6. The second kappa shape index (κ2) is 18.2. The molecule has 8 nitrogen and oxygen atoms in total. The van der Waals surface area contributed by atoms with Crippen molar-refractivity contribution in [2.75, 3.05) is 13.1 Å². The number of unbranched alkanes of at least 4 members (excludes halogenated alkanes) is 14. The number of sulfonamides is 2. The van der Waals surface area contributed by atoms with Gasteiger partial charge in [0, 0.05) is 25.9 Å². The molecule has 0 spiro atoms. The van der Waals surface area contributed by atoms with Gasteiger partial charge in [-0.2, -0.15) is 10.5 Å². The first-order chi connectivity index (χ1) is 15.6. The van der Waals surface area contributed by atoms with Crippen molar-refractivity contribution >= 4 is 20.0 Å². The normalized spacial score (nSPS) is 12.4. The highest BCUT2D eigenvalue weighted by atomic mass is 32.3. The van der Waals surface area contributed by atoms with Gasteiger partial charge in [-0.1, -0.05) is 64.2 Å². The Hall–Kier alpha value is -1.20. The van der Waals surface area contributed by atoms with Gasteiger partial charge in [0.05, 0.1) is 12.1 Å². The van der Waals surface area contributed by atoms with Gasteiger partial charge in [-0.25, -0.2) is 26.3 Å². The monoisotopic (exact) mass is 504 g/mol. The SMILES string of the molecule is CC(C)(S(=O)(=O)NCCCCCCCCCC#N)S(=O)(=O)NCCCCCCCCCC#N. The van der Waals surface area contributed by atoms with E-state index < -0.39 is 24.1 Å². The van der Waals surface area contributed by atoms with Crippen molar-refractivity contribution in [3.63, 3.8) is 0 Å². The number of hydrogen-bond acceptors (Lipinski definition) is 6. The minimum absolute atomic E-state index is 0.226. The summed E-state index contributed by atoms with van der Waals surface area (Å²) in [7, 11) is -8.08. The van der Waals surface area contributed by atoms with Gasteiger partial charge >= 0.3 is 0 Å². The minimum Gasteiger partial charge on any atom is -0.214 e. The van der Waals surface area contributed by atoms with Crippen LogP contribution in [0.4, 0.5) is 0 Å². The van der Waals surface area contributed by atoms with Crippen molar-refractivity contribution in [3.05, 3.63) is 0 Å². The first kappa shape index (κ1) is 31.8.